The fourth-order valence-corrected chi connectivity index (χ4v) is 2.38. The number of hydrogen-bond acceptors (Lipinski definition) is 6. The number of carbonyl (C=O) groups is 3. The molecule has 2 N–H and O–H groups in total. The number of amides is 2. The summed E-state index contributed by atoms with van der Waals surface area (Å²) >= 11 is 0. The van der Waals surface area contributed by atoms with Crippen LogP contribution in [0.2, 0.25) is 0 Å². The molecule has 0 fully saturated rings. The molecule has 2 aromatic carbocycles. The first-order valence-corrected chi connectivity index (χ1v) is 7.67. The lowest BCUT2D eigenvalue weighted by atomic mass is 10.2. The molecule has 0 saturated carbocycles. The third kappa shape index (κ3) is 3.54. The molecule has 1 aromatic heterocycles. The molecule has 132 valence electrons. The number of benzene rings is 2. The van der Waals surface area contributed by atoms with Crippen LogP contribution >= 0.6 is 0 Å². The van der Waals surface area contributed by atoms with E-state index in [1.165, 1.54) is 13.2 Å². The standard InChI is InChI=1S/C18H15N3O5/c1-25-14-9-5-3-7-12(14)17(23)19-15(22)10-26-18(24)16-11-6-2-4-8-13(11)20-21-16/h2-9H,10H2,1H3,(H,20,21)(H,19,22,23). The summed E-state index contributed by atoms with van der Waals surface area (Å²) in [6.07, 6.45) is 0. The van der Waals surface area contributed by atoms with Gasteiger partial charge in [0.1, 0.15) is 5.75 Å². The number of H-pyrrole nitrogens is 1. The Balaban J connectivity index is 1.60. The van der Waals surface area contributed by atoms with Crippen molar-refractivity contribution in [2.45, 2.75) is 0 Å². The second-order valence-corrected chi connectivity index (χ2v) is 5.27. The number of aromatic nitrogens is 2. The number of methoxy groups -OCH3 is 1. The molecular formula is C18H15N3O5. The monoisotopic (exact) mass is 353 g/mol. The predicted molar refractivity (Wildman–Crippen MR) is 91.8 cm³/mol. The molecule has 0 spiro atoms. The number of rotatable bonds is 5. The van der Waals surface area contributed by atoms with Crippen LogP contribution in [0.15, 0.2) is 48.5 Å². The van der Waals surface area contributed by atoms with E-state index in [0.717, 1.165) is 0 Å². The molecule has 0 unspecified atom stereocenters. The Kier molecular flexibility index (Phi) is 4.93. The molecule has 2 amide bonds. The second-order valence-electron chi connectivity index (χ2n) is 5.27. The van der Waals surface area contributed by atoms with Crippen molar-refractivity contribution in [3.8, 4) is 5.75 Å². The van der Waals surface area contributed by atoms with Gasteiger partial charge in [0.2, 0.25) is 0 Å². The summed E-state index contributed by atoms with van der Waals surface area (Å²) in [6.45, 7) is -0.610. The maximum Gasteiger partial charge on any atom is 0.359 e. The third-order valence-electron chi connectivity index (χ3n) is 3.60. The highest BCUT2D eigenvalue weighted by atomic mass is 16.5. The molecule has 0 aliphatic heterocycles. The molecule has 0 radical (unpaired) electrons. The summed E-state index contributed by atoms with van der Waals surface area (Å²) in [7, 11) is 1.42. The van der Waals surface area contributed by atoms with Crippen molar-refractivity contribution in [3.05, 3.63) is 59.8 Å². The lowest BCUT2D eigenvalue weighted by Gasteiger charge is -2.08. The number of hydrogen-bond donors (Lipinski definition) is 2. The van der Waals surface area contributed by atoms with Gasteiger partial charge in [-0.15, -0.1) is 0 Å². The Labute approximate surface area is 148 Å². The van der Waals surface area contributed by atoms with E-state index in [1.807, 2.05) is 0 Å². The van der Waals surface area contributed by atoms with Gasteiger partial charge in [0.25, 0.3) is 11.8 Å². The van der Waals surface area contributed by atoms with Crippen LogP contribution in [0.25, 0.3) is 10.9 Å². The first kappa shape index (κ1) is 17.2. The number of aromatic amines is 1. The van der Waals surface area contributed by atoms with Crippen LogP contribution in [0.5, 0.6) is 5.75 Å². The van der Waals surface area contributed by atoms with Crippen molar-refractivity contribution >= 4 is 28.7 Å². The number of nitrogens with zero attached hydrogens (tertiary/aromatic N) is 1. The Bertz CT molecular complexity index is 980. The van der Waals surface area contributed by atoms with Gasteiger partial charge in [0.15, 0.2) is 12.3 Å². The largest absolute Gasteiger partial charge is 0.496 e. The zero-order valence-electron chi connectivity index (χ0n) is 13.8. The van der Waals surface area contributed by atoms with E-state index in [2.05, 4.69) is 15.5 Å². The Morgan fingerprint density at radius 1 is 1.08 bits per heavy atom. The van der Waals surface area contributed by atoms with E-state index >= 15 is 0 Å². The van der Waals surface area contributed by atoms with Crippen molar-refractivity contribution in [2.24, 2.45) is 0 Å². The second kappa shape index (κ2) is 7.47. The summed E-state index contributed by atoms with van der Waals surface area (Å²) in [5.41, 5.74) is 0.952. The predicted octanol–water partition coefficient (Wildman–Crippen LogP) is 1.68. The Morgan fingerprint density at radius 3 is 2.62 bits per heavy atom. The van der Waals surface area contributed by atoms with Crippen LogP contribution in [0, 0.1) is 0 Å². The molecule has 8 nitrogen and oxygen atoms in total. The van der Waals surface area contributed by atoms with Gasteiger partial charge < -0.3 is 9.47 Å². The summed E-state index contributed by atoms with van der Waals surface area (Å²) in [6, 6.07) is 13.5. The van der Waals surface area contributed by atoms with Crippen molar-refractivity contribution in [3.63, 3.8) is 0 Å². The van der Waals surface area contributed by atoms with E-state index < -0.39 is 24.4 Å². The van der Waals surface area contributed by atoms with Gasteiger partial charge in [0.05, 0.1) is 18.2 Å². The Morgan fingerprint density at radius 2 is 1.81 bits per heavy atom. The van der Waals surface area contributed by atoms with Gasteiger partial charge in [-0.25, -0.2) is 4.79 Å². The molecule has 8 heteroatoms. The Hall–Kier alpha value is -3.68. The number of carbonyl (C=O) groups excluding carboxylic acids is 3. The van der Waals surface area contributed by atoms with Gasteiger partial charge in [-0.1, -0.05) is 30.3 Å². The van der Waals surface area contributed by atoms with Crippen LogP contribution in [-0.2, 0) is 9.53 Å². The molecule has 0 saturated heterocycles. The average Bonchev–Trinajstić information content (AvgIpc) is 3.10. The van der Waals surface area contributed by atoms with E-state index in [9.17, 15) is 14.4 Å². The number of ether oxygens (including phenoxy) is 2. The number of imide groups is 1. The first-order valence-electron chi connectivity index (χ1n) is 7.67. The van der Waals surface area contributed by atoms with Crippen LogP contribution in [-0.4, -0.2) is 41.7 Å². The minimum Gasteiger partial charge on any atom is -0.496 e. The van der Waals surface area contributed by atoms with Crippen LogP contribution in [0.3, 0.4) is 0 Å². The average molecular weight is 353 g/mol. The fraction of sp³-hybridized carbons (Fsp3) is 0.111. The van der Waals surface area contributed by atoms with E-state index in [4.69, 9.17) is 9.47 Å². The summed E-state index contributed by atoms with van der Waals surface area (Å²) in [5.74, 6) is -1.83. The van der Waals surface area contributed by atoms with Gasteiger partial charge in [-0.05, 0) is 18.2 Å². The van der Waals surface area contributed by atoms with Crippen LogP contribution < -0.4 is 10.1 Å². The van der Waals surface area contributed by atoms with Crippen LogP contribution in [0.1, 0.15) is 20.8 Å². The quantitative estimate of drug-likeness (QED) is 0.675. The minimum absolute atomic E-state index is 0.0736. The number of esters is 1. The number of para-hydroxylation sites is 2. The van der Waals surface area contributed by atoms with Gasteiger partial charge in [-0.2, -0.15) is 5.10 Å². The molecular weight excluding hydrogens is 338 g/mol. The maximum absolute atomic E-state index is 12.1. The van der Waals surface area contributed by atoms with Crippen molar-refractivity contribution < 1.29 is 23.9 Å². The van der Waals surface area contributed by atoms with Crippen molar-refractivity contribution in [2.75, 3.05) is 13.7 Å². The highest BCUT2D eigenvalue weighted by Crippen LogP contribution is 2.17. The molecule has 1 heterocycles. The third-order valence-corrected chi connectivity index (χ3v) is 3.60. The lowest BCUT2D eigenvalue weighted by molar-refractivity contribution is -0.123. The van der Waals surface area contributed by atoms with Gasteiger partial charge in [-0.3, -0.25) is 20.0 Å². The summed E-state index contributed by atoms with van der Waals surface area (Å²) < 4.78 is 10.00. The smallest absolute Gasteiger partial charge is 0.359 e. The highest BCUT2D eigenvalue weighted by Gasteiger charge is 2.19. The number of nitrogens with one attached hydrogen (secondary N) is 2. The minimum atomic E-state index is -0.762. The van der Waals surface area contributed by atoms with Gasteiger partial charge >= 0.3 is 5.97 Å². The summed E-state index contributed by atoms with van der Waals surface area (Å²) in [5, 5.41) is 9.32. The molecule has 0 bridgehead atoms. The van der Waals surface area contributed by atoms with Gasteiger partial charge in [0, 0.05) is 5.39 Å². The zero-order valence-corrected chi connectivity index (χ0v) is 13.8. The lowest BCUT2D eigenvalue weighted by Crippen LogP contribution is -2.34. The fourth-order valence-electron chi connectivity index (χ4n) is 2.38. The van der Waals surface area contributed by atoms with Crippen molar-refractivity contribution in [1.82, 2.24) is 15.5 Å². The maximum atomic E-state index is 12.1. The summed E-state index contributed by atoms with van der Waals surface area (Å²) in [4.78, 5) is 36.1. The molecule has 0 aliphatic carbocycles. The molecule has 0 atom stereocenters. The zero-order chi connectivity index (χ0) is 18.5. The van der Waals surface area contributed by atoms with E-state index in [0.29, 0.717) is 16.7 Å². The topological polar surface area (TPSA) is 110 Å². The molecule has 26 heavy (non-hydrogen) atoms. The highest BCUT2D eigenvalue weighted by molar-refractivity contribution is 6.07. The molecule has 3 aromatic rings. The first-order chi connectivity index (χ1) is 12.6. The van der Waals surface area contributed by atoms with E-state index in [1.54, 1.807) is 42.5 Å². The molecule has 0 aliphatic rings. The normalized spacial score (nSPS) is 10.3. The van der Waals surface area contributed by atoms with E-state index in [-0.39, 0.29) is 11.3 Å². The molecule has 3 rings (SSSR count). The SMILES string of the molecule is COc1ccccc1C(=O)NC(=O)COC(=O)c1n[nH]c2ccccc12. The van der Waals surface area contributed by atoms with Crippen molar-refractivity contribution in [1.29, 1.82) is 0 Å². The number of fused-ring (bicyclic) bond motifs is 1. The van der Waals surface area contributed by atoms with Crippen LogP contribution in [0.4, 0.5) is 0 Å².